The zero-order valence-corrected chi connectivity index (χ0v) is 12.0. The number of amidine groups is 1. The second-order valence-corrected chi connectivity index (χ2v) is 5.64. The van der Waals surface area contributed by atoms with E-state index in [2.05, 4.69) is 35.9 Å². The van der Waals surface area contributed by atoms with E-state index in [-0.39, 0.29) is 11.4 Å². The summed E-state index contributed by atoms with van der Waals surface area (Å²) in [6.45, 7) is 0.953. The molecule has 0 spiro atoms. The van der Waals surface area contributed by atoms with Crippen molar-refractivity contribution < 1.29 is 0 Å². The van der Waals surface area contributed by atoms with Crippen molar-refractivity contribution in [2.75, 3.05) is 32.6 Å². The van der Waals surface area contributed by atoms with Crippen molar-refractivity contribution in [3.8, 4) is 0 Å². The largest absolute Gasteiger partial charge is 0.384 e. The second-order valence-electron chi connectivity index (χ2n) is 5.64. The zero-order valence-electron chi connectivity index (χ0n) is 12.0. The molecule has 0 saturated heterocycles. The molecule has 1 aromatic heterocycles. The fraction of sp³-hybridized carbons (Fsp3) is 0.571. The van der Waals surface area contributed by atoms with Crippen LogP contribution in [0.4, 0.5) is 5.82 Å². The minimum atomic E-state index is 0.0861. The molecule has 3 N–H and O–H groups in total. The fourth-order valence-electron chi connectivity index (χ4n) is 2.65. The molecule has 0 amide bonds. The van der Waals surface area contributed by atoms with Gasteiger partial charge in [-0.1, -0.05) is 0 Å². The van der Waals surface area contributed by atoms with Gasteiger partial charge in [-0.3, -0.25) is 5.41 Å². The van der Waals surface area contributed by atoms with Crippen molar-refractivity contribution in [2.45, 2.75) is 24.8 Å². The quantitative estimate of drug-likeness (QED) is 0.619. The molecule has 1 aromatic rings. The lowest BCUT2D eigenvalue weighted by Crippen LogP contribution is -2.56. The highest BCUT2D eigenvalue weighted by atomic mass is 15.2. The molecule has 1 aliphatic rings. The van der Waals surface area contributed by atoms with Gasteiger partial charge in [0.05, 0.1) is 0 Å². The molecule has 104 valence electrons. The van der Waals surface area contributed by atoms with Gasteiger partial charge < -0.3 is 15.5 Å². The third kappa shape index (κ3) is 2.71. The van der Waals surface area contributed by atoms with Crippen LogP contribution < -0.4 is 10.6 Å². The predicted octanol–water partition coefficient (Wildman–Crippen LogP) is 1.29. The SMILES string of the molecule is CN(CC1(N(C)C)CCC1)c1cc(C(=N)N)ccn1. The molecule has 1 fully saturated rings. The molecule has 0 aliphatic heterocycles. The summed E-state index contributed by atoms with van der Waals surface area (Å²) in [5.41, 5.74) is 6.52. The summed E-state index contributed by atoms with van der Waals surface area (Å²) in [6, 6.07) is 3.65. The van der Waals surface area contributed by atoms with Gasteiger partial charge in [-0.15, -0.1) is 0 Å². The number of nitrogens with one attached hydrogen (secondary N) is 1. The number of likely N-dealkylation sites (N-methyl/N-ethyl adjacent to an activating group) is 2. The number of aromatic nitrogens is 1. The molecule has 19 heavy (non-hydrogen) atoms. The number of rotatable bonds is 5. The smallest absolute Gasteiger partial charge is 0.129 e. The normalized spacial score (nSPS) is 17.1. The maximum absolute atomic E-state index is 7.49. The van der Waals surface area contributed by atoms with Gasteiger partial charge in [-0.05, 0) is 45.5 Å². The van der Waals surface area contributed by atoms with Crippen LogP contribution in [0.5, 0.6) is 0 Å². The number of hydrogen-bond acceptors (Lipinski definition) is 4. The summed E-state index contributed by atoms with van der Waals surface area (Å²) >= 11 is 0. The number of pyridine rings is 1. The molecule has 2 rings (SSSR count). The van der Waals surface area contributed by atoms with Gasteiger partial charge in [-0.25, -0.2) is 4.98 Å². The lowest BCUT2D eigenvalue weighted by molar-refractivity contribution is 0.0682. The summed E-state index contributed by atoms with van der Waals surface area (Å²) in [4.78, 5) is 8.86. The Kier molecular flexibility index (Phi) is 3.75. The van der Waals surface area contributed by atoms with Crippen molar-refractivity contribution in [2.24, 2.45) is 5.73 Å². The summed E-state index contributed by atoms with van der Waals surface area (Å²) in [7, 11) is 6.34. The number of nitrogens with zero attached hydrogens (tertiary/aromatic N) is 3. The molecule has 0 aromatic carbocycles. The highest BCUT2D eigenvalue weighted by Crippen LogP contribution is 2.37. The van der Waals surface area contributed by atoms with E-state index in [9.17, 15) is 0 Å². The first-order valence-corrected chi connectivity index (χ1v) is 6.64. The first-order valence-electron chi connectivity index (χ1n) is 6.64. The Morgan fingerprint density at radius 3 is 2.58 bits per heavy atom. The first kappa shape index (κ1) is 13.8. The van der Waals surface area contributed by atoms with E-state index in [1.54, 1.807) is 12.3 Å². The van der Waals surface area contributed by atoms with Gasteiger partial charge in [-0.2, -0.15) is 0 Å². The molecule has 1 heterocycles. The summed E-state index contributed by atoms with van der Waals surface area (Å²) in [6.07, 6.45) is 5.48. The van der Waals surface area contributed by atoms with Crippen LogP contribution >= 0.6 is 0 Å². The van der Waals surface area contributed by atoms with Gasteiger partial charge >= 0.3 is 0 Å². The third-order valence-electron chi connectivity index (χ3n) is 4.21. The average molecular weight is 261 g/mol. The topological polar surface area (TPSA) is 69.2 Å². The molecule has 0 atom stereocenters. The van der Waals surface area contributed by atoms with Crippen LogP contribution in [0, 0.1) is 5.41 Å². The lowest BCUT2D eigenvalue weighted by atomic mass is 9.75. The van der Waals surface area contributed by atoms with Crippen LogP contribution in [0.2, 0.25) is 0 Å². The molecular weight excluding hydrogens is 238 g/mol. The van der Waals surface area contributed by atoms with Crippen LogP contribution in [0.1, 0.15) is 24.8 Å². The molecule has 0 radical (unpaired) electrons. The number of nitrogens with two attached hydrogens (primary N) is 1. The number of nitrogen functional groups attached to an aromatic ring is 1. The Bertz CT molecular complexity index is 465. The highest BCUT2D eigenvalue weighted by Gasteiger charge is 2.40. The van der Waals surface area contributed by atoms with Crippen molar-refractivity contribution in [3.05, 3.63) is 23.9 Å². The van der Waals surface area contributed by atoms with Crippen LogP contribution in [0.15, 0.2) is 18.3 Å². The van der Waals surface area contributed by atoms with E-state index < -0.39 is 0 Å². The molecule has 1 saturated carbocycles. The molecule has 5 heteroatoms. The Labute approximate surface area is 114 Å². The van der Waals surface area contributed by atoms with Gasteiger partial charge in [0.2, 0.25) is 0 Å². The molecule has 1 aliphatic carbocycles. The van der Waals surface area contributed by atoms with Crippen LogP contribution in [0.3, 0.4) is 0 Å². The van der Waals surface area contributed by atoms with Crippen molar-refractivity contribution in [1.29, 1.82) is 5.41 Å². The first-order chi connectivity index (χ1) is 8.94. The molecule has 0 unspecified atom stereocenters. The average Bonchev–Trinajstić information content (AvgIpc) is 2.33. The Morgan fingerprint density at radius 1 is 1.42 bits per heavy atom. The zero-order chi connectivity index (χ0) is 14.0. The van der Waals surface area contributed by atoms with E-state index in [1.807, 2.05) is 6.07 Å². The van der Waals surface area contributed by atoms with Gasteiger partial charge in [0, 0.05) is 30.9 Å². The Morgan fingerprint density at radius 2 is 2.11 bits per heavy atom. The van der Waals surface area contributed by atoms with Crippen LogP contribution in [0.25, 0.3) is 0 Å². The van der Waals surface area contributed by atoms with Gasteiger partial charge in [0.25, 0.3) is 0 Å². The highest BCUT2D eigenvalue weighted by molar-refractivity contribution is 5.95. The number of hydrogen-bond donors (Lipinski definition) is 2. The predicted molar refractivity (Wildman–Crippen MR) is 78.8 cm³/mol. The minimum absolute atomic E-state index is 0.0861. The monoisotopic (exact) mass is 261 g/mol. The lowest BCUT2D eigenvalue weighted by Gasteiger charge is -2.49. The Balaban J connectivity index is 2.13. The standard InChI is InChI=1S/C14H23N5/c1-18(2)14(6-4-7-14)10-19(3)12-9-11(13(15)16)5-8-17-12/h5,8-9H,4,6-7,10H2,1-3H3,(H3,15,16). The third-order valence-corrected chi connectivity index (χ3v) is 4.21. The van der Waals surface area contributed by atoms with Gasteiger partial charge in [0.15, 0.2) is 0 Å². The van der Waals surface area contributed by atoms with Crippen LogP contribution in [-0.4, -0.2) is 48.9 Å². The minimum Gasteiger partial charge on any atom is -0.384 e. The maximum atomic E-state index is 7.49. The Hall–Kier alpha value is -1.62. The van der Waals surface area contributed by atoms with Gasteiger partial charge in [0.1, 0.15) is 11.7 Å². The number of anilines is 1. The molecular formula is C14H23N5. The summed E-state index contributed by atoms with van der Waals surface area (Å²) in [5.74, 6) is 0.962. The van der Waals surface area contributed by atoms with E-state index >= 15 is 0 Å². The maximum Gasteiger partial charge on any atom is 0.129 e. The van der Waals surface area contributed by atoms with Crippen molar-refractivity contribution in [3.63, 3.8) is 0 Å². The second kappa shape index (κ2) is 5.17. The van der Waals surface area contributed by atoms with Crippen molar-refractivity contribution in [1.82, 2.24) is 9.88 Å². The van der Waals surface area contributed by atoms with E-state index in [0.29, 0.717) is 0 Å². The summed E-state index contributed by atoms with van der Waals surface area (Å²) in [5, 5.41) is 7.49. The van der Waals surface area contributed by atoms with Crippen LogP contribution in [-0.2, 0) is 0 Å². The fourth-order valence-corrected chi connectivity index (χ4v) is 2.65. The molecule has 0 bridgehead atoms. The van der Waals surface area contributed by atoms with E-state index in [0.717, 1.165) is 17.9 Å². The van der Waals surface area contributed by atoms with E-state index in [4.69, 9.17) is 11.1 Å². The van der Waals surface area contributed by atoms with E-state index in [1.165, 1.54) is 19.3 Å². The molecule has 5 nitrogen and oxygen atoms in total. The van der Waals surface area contributed by atoms with Crippen molar-refractivity contribution >= 4 is 11.7 Å². The summed E-state index contributed by atoms with van der Waals surface area (Å²) < 4.78 is 0.